The number of ether oxygens (including phenoxy) is 2. The van der Waals surface area contributed by atoms with Crippen molar-refractivity contribution in [2.75, 3.05) is 14.2 Å². The van der Waals surface area contributed by atoms with Gasteiger partial charge >= 0.3 is 0 Å². The fourth-order valence-electron chi connectivity index (χ4n) is 1.61. The summed E-state index contributed by atoms with van der Waals surface area (Å²) in [5.74, 6) is 0.0950. The molecule has 19 heavy (non-hydrogen) atoms. The summed E-state index contributed by atoms with van der Waals surface area (Å²) in [6.07, 6.45) is 0. The Hall–Kier alpha value is -1.72. The van der Waals surface area contributed by atoms with Crippen LogP contribution in [0.1, 0.15) is 5.69 Å². The second kappa shape index (κ2) is 5.95. The lowest BCUT2D eigenvalue weighted by molar-refractivity contribution is 0.181. The van der Waals surface area contributed by atoms with Crippen LogP contribution in [0.4, 0.5) is 4.39 Å². The van der Waals surface area contributed by atoms with Crippen molar-refractivity contribution in [1.82, 2.24) is 9.97 Å². The Morgan fingerprint density at radius 1 is 1.21 bits per heavy atom. The zero-order valence-electron chi connectivity index (χ0n) is 10.5. The lowest BCUT2D eigenvalue weighted by atomic mass is 10.2. The third kappa shape index (κ3) is 3.19. The van der Waals surface area contributed by atoms with Gasteiger partial charge in [0.05, 0.1) is 19.4 Å². The fraction of sp³-hybridized carbons (Fsp3) is 0.231. The number of benzene rings is 1. The smallest absolute Gasteiger partial charge is 0.165 e. The van der Waals surface area contributed by atoms with E-state index in [1.165, 1.54) is 19.2 Å². The van der Waals surface area contributed by atoms with Gasteiger partial charge in [-0.2, -0.15) is 0 Å². The molecule has 0 fully saturated rings. The van der Waals surface area contributed by atoms with Gasteiger partial charge in [-0.05, 0) is 24.3 Å². The van der Waals surface area contributed by atoms with Crippen molar-refractivity contribution in [2.24, 2.45) is 0 Å². The van der Waals surface area contributed by atoms with Gasteiger partial charge in [-0.3, -0.25) is 0 Å². The first-order chi connectivity index (χ1) is 9.13. The predicted octanol–water partition coefficient (Wildman–Crippen LogP) is 3.09. The van der Waals surface area contributed by atoms with Crippen LogP contribution in [-0.4, -0.2) is 24.2 Å². The van der Waals surface area contributed by atoms with Crippen LogP contribution in [0, 0.1) is 5.82 Å². The zero-order chi connectivity index (χ0) is 13.8. The highest BCUT2D eigenvalue weighted by Gasteiger charge is 2.09. The van der Waals surface area contributed by atoms with Crippen LogP contribution in [0.5, 0.6) is 5.75 Å². The lowest BCUT2D eigenvalue weighted by Gasteiger charge is -2.07. The molecule has 0 bridgehead atoms. The maximum absolute atomic E-state index is 13.4. The second-order valence-corrected chi connectivity index (χ2v) is 4.18. The van der Waals surface area contributed by atoms with Gasteiger partial charge in [-0.1, -0.05) is 11.6 Å². The summed E-state index contributed by atoms with van der Waals surface area (Å²) in [4.78, 5) is 8.41. The topological polar surface area (TPSA) is 44.2 Å². The van der Waals surface area contributed by atoms with E-state index in [4.69, 9.17) is 21.1 Å². The van der Waals surface area contributed by atoms with Crippen LogP contribution in [0.15, 0.2) is 24.3 Å². The molecular formula is C13H12ClFN2O2. The summed E-state index contributed by atoms with van der Waals surface area (Å²) in [5.41, 5.74) is 1.28. The number of nitrogens with zero attached hydrogens (tertiary/aromatic N) is 2. The Labute approximate surface area is 115 Å². The van der Waals surface area contributed by atoms with Crippen LogP contribution in [-0.2, 0) is 11.3 Å². The van der Waals surface area contributed by atoms with Crippen LogP contribution >= 0.6 is 11.6 Å². The van der Waals surface area contributed by atoms with Crippen LogP contribution < -0.4 is 4.74 Å². The Bertz CT molecular complexity index is 593. The van der Waals surface area contributed by atoms with E-state index in [-0.39, 0.29) is 5.75 Å². The van der Waals surface area contributed by atoms with Crippen molar-refractivity contribution in [3.63, 3.8) is 0 Å². The van der Waals surface area contributed by atoms with E-state index >= 15 is 0 Å². The molecular weight excluding hydrogens is 271 g/mol. The maximum Gasteiger partial charge on any atom is 0.165 e. The van der Waals surface area contributed by atoms with Crippen molar-refractivity contribution in [2.45, 2.75) is 6.61 Å². The van der Waals surface area contributed by atoms with E-state index in [2.05, 4.69) is 9.97 Å². The maximum atomic E-state index is 13.4. The highest BCUT2D eigenvalue weighted by Crippen LogP contribution is 2.25. The van der Waals surface area contributed by atoms with Crippen LogP contribution in [0.25, 0.3) is 11.4 Å². The summed E-state index contributed by atoms with van der Waals surface area (Å²) in [5, 5.41) is 0.306. The third-order valence-corrected chi connectivity index (χ3v) is 2.64. The minimum absolute atomic E-state index is 0.134. The molecule has 0 N–H and O–H groups in total. The summed E-state index contributed by atoms with van der Waals surface area (Å²) in [7, 11) is 2.97. The molecule has 0 unspecified atom stereocenters. The minimum atomic E-state index is -0.439. The van der Waals surface area contributed by atoms with Crippen molar-refractivity contribution >= 4 is 11.6 Å². The Morgan fingerprint density at radius 2 is 2.00 bits per heavy atom. The molecule has 0 aliphatic heterocycles. The minimum Gasteiger partial charge on any atom is -0.494 e. The van der Waals surface area contributed by atoms with E-state index in [1.54, 1.807) is 19.2 Å². The molecule has 2 aromatic rings. The molecule has 0 spiro atoms. The summed E-state index contributed by atoms with van der Waals surface area (Å²) in [6, 6.07) is 6.02. The average molecular weight is 283 g/mol. The van der Waals surface area contributed by atoms with Crippen molar-refractivity contribution in [1.29, 1.82) is 0 Å². The highest BCUT2D eigenvalue weighted by molar-refractivity contribution is 6.29. The van der Waals surface area contributed by atoms with Gasteiger partial charge in [0.15, 0.2) is 17.4 Å². The monoisotopic (exact) mass is 282 g/mol. The number of halogens is 2. The number of hydrogen-bond donors (Lipinski definition) is 0. The van der Waals surface area contributed by atoms with Gasteiger partial charge in [0.1, 0.15) is 5.15 Å². The molecule has 0 saturated heterocycles. The summed E-state index contributed by atoms with van der Waals surface area (Å²) < 4.78 is 23.3. The molecule has 4 nitrogen and oxygen atoms in total. The van der Waals surface area contributed by atoms with Crippen LogP contribution in [0.3, 0.4) is 0 Å². The van der Waals surface area contributed by atoms with Crippen LogP contribution in [0.2, 0.25) is 5.15 Å². The first kappa shape index (κ1) is 13.7. The number of aromatic nitrogens is 2. The van der Waals surface area contributed by atoms with Gasteiger partial charge in [0.25, 0.3) is 0 Å². The average Bonchev–Trinajstić information content (AvgIpc) is 2.39. The van der Waals surface area contributed by atoms with E-state index in [1.807, 2.05) is 0 Å². The zero-order valence-corrected chi connectivity index (χ0v) is 11.2. The molecule has 0 amide bonds. The summed E-state index contributed by atoms with van der Waals surface area (Å²) >= 11 is 5.93. The lowest BCUT2D eigenvalue weighted by Crippen LogP contribution is -1.98. The van der Waals surface area contributed by atoms with Gasteiger partial charge in [-0.25, -0.2) is 14.4 Å². The molecule has 1 aromatic heterocycles. The standard InChI is InChI=1S/C13H12ClFN2O2/c1-18-7-9-6-12(14)17-13(16-9)8-3-4-10(15)11(5-8)19-2/h3-6H,7H2,1-2H3. The Morgan fingerprint density at radius 3 is 2.68 bits per heavy atom. The van der Waals surface area contributed by atoms with Gasteiger partial charge in [-0.15, -0.1) is 0 Å². The first-order valence-electron chi connectivity index (χ1n) is 5.50. The van der Waals surface area contributed by atoms with Crippen molar-refractivity contribution in [3.8, 4) is 17.1 Å². The molecule has 2 rings (SSSR count). The highest BCUT2D eigenvalue weighted by atomic mass is 35.5. The van der Waals surface area contributed by atoms with E-state index in [0.29, 0.717) is 28.8 Å². The van der Waals surface area contributed by atoms with Crippen molar-refractivity contribution < 1.29 is 13.9 Å². The Balaban J connectivity index is 2.46. The van der Waals surface area contributed by atoms with Gasteiger partial charge in [0, 0.05) is 12.7 Å². The molecule has 0 atom stereocenters. The first-order valence-corrected chi connectivity index (χ1v) is 5.88. The molecule has 6 heteroatoms. The quantitative estimate of drug-likeness (QED) is 0.808. The predicted molar refractivity (Wildman–Crippen MR) is 69.7 cm³/mol. The summed E-state index contributed by atoms with van der Waals surface area (Å²) in [6.45, 7) is 0.327. The van der Waals surface area contributed by atoms with E-state index in [0.717, 1.165) is 0 Å². The molecule has 0 saturated carbocycles. The second-order valence-electron chi connectivity index (χ2n) is 3.79. The van der Waals surface area contributed by atoms with E-state index in [9.17, 15) is 4.39 Å². The molecule has 1 aromatic carbocycles. The molecule has 0 aliphatic carbocycles. The number of methoxy groups -OCH3 is 2. The third-order valence-electron chi connectivity index (χ3n) is 2.45. The molecule has 0 aliphatic rings. The van der Waals surface area contributed by atoms with Gasteiger partial charge < -0.3 is 9.47 Å². The SMILES string of the molecule is COCc1cc(Cl)nc(-c2ccc(F)c(OC)c2)n1. The van der Waals surface area contributed by atoms with E-state index < -0.39 is 5.82 Å². The largest absolute Gasteiger partial charge is 0.494 e. The Kier molecular flexibility index (Phi) is 4.29. The van der Waals surface area contributed by atoms with Gasteiger partial charge in [0.2, 0.25) is 0 Å². The molecule has 1 heterocycles. The number of rotatable bonds is 4. The number of hydrogen-bond acceptors (Lipinski definition) is 4. The van der Waals surface area contributed by atoms with Crippen molar-refractivity contribution in [3.05, 3.63) is 40.9 Å². The fourth-order valence-corrected chi connectivity index (χ4v) is 1.82. The molecule has 0 radical (unpaired) electrons. The molecule has 100 valence electrons. The normalized spacial score (nSPS) is 10.5.